The molecule has 4 heterocycles. The Labute approximate surface area is 209 Å². The predicted octanol–water partition coefficient (Wildman–Crippen LogP) is 3.92. The molecule has 10 heteroatoms. The molecule has 0 spiro atoms. The SMILES string of the molecule is Cc1coc(NC(=N[C@H]2CCCCN(CC(=O)N3CCCC3)C2=O)Nc2ccc3oc(C)cc3c2)n1. The zero-order valence-electron chi connectivity index (χ0n) is 20.7. The Bertz CT molecular complexity index is 1270. The van der Waals surface area contributed by atoms with Gasteiger partial charge in [-0.1, -0.05) is 0 Å². The number of benzene rings is 1. The van der Waals surface area contributed by atoms with Gasteiger partial charge in [-0.25, -0.2) is 4.99 Å². The molecule has 10 nitrogen and oxygen atoms in total. The second-order valence-corrected chi connectivity index (χ2v) is 9.49. The lowest BCUT2D eigenvalue weighted by atomic mass is 10.1. The normalized spacial score (nSPS) is 19.1. The first-order valence-electron chi connectivity index (χ1n) is 12.6. The molecule has 0 unspecified atom stereocenters. The van der Waals surface area contributed by atoms with Gasteiger partial charge in [0.05, 0.1) is 12.2 Å². The van der Waals surface area contributed by atoms with Crippen molar-refractivity contribution in [3.63, 3.8) is 0 Å². The van der Waals surface area contributed by atoms with Crippen LogP contribution in [0.1, 0.15) is 43.6 Å². The van der Waals surface area contributed by atoms with E-state index in [4.69, 9.17) is 13.8 Å². The number of aryl methyl sites for hydroxylation is 2. The lowest BCUT2D eigenvalue weighted by molar-refractivity contribution is -0.140. The Morgan fingerprint density at radius 2 is 1.92 bits per heavy atom. The number of hydrogen-bond acceptors (Lipinski definition) is 6. The number of furan rings is 1. The molecule has 1 atom stereocenters. The van der Waals surface area contributed by atoms with Crippen LogP contribution in [0.5, 0.6) is 0 Å². The fraction of sp³-hybridized carbons (Fsp3) is 0.462. The lowest BCUT2D eigenvalue weighted by Gasteiger charge is -2.25. The molecular weight excluding hydrogens is 460 g/mol. The maximum absolute atomic E-state index is 13.5. The minimum absolute atomic E-state index is 0.0147. The van der Waals surface area contributed by atoms with Crippen molar-refractivity contribution < 1.29 is 18.4 Å². The van der Waals surface area contributed by atoms with Gasteiger partial charge in [0.2, 0.25) is 17.8 Å². The van der Waals surface area contributed by atoms with E-state index in [1.54, 1.807) is 11.2 Å². The van der Waals surface area contributed by atoms with Crippen molar-refractivity contribution >= 4 is 40.4 Å². The van der Waals surface area contributed by atoms with Gasteiger partial charge >= 0.3 is 6.01 Å². The molecule has 0 aliphatic carbocycles. The highest BCUT2D eigenvalue weighted by Gasteiger charge is 2.30. The summed E-state index contributed by atoms with van der Waals surface area (Å²) < 4.78 is 11.2. The molecule has 190 valence electrons. The standard InChI is InChI=1S/C26H32N6O4/c1-17-16-35-26(27-17)30-25(28-20-8-9-22-19(14-20)13-18(2)36-22)29-21-7-3-4-12-32(24(21)34)15-23(33)31-10-5-6-11-31/h8-9,13-14,16,21H,3-7,10-12,15H2,1-2H3,(H2,27,28,29,30)/t21-/m0/s1. The summed E-state index contributed by atoms with van der Waals surface area (Å²) >= 11 is 0. The minimum atomic E-state index is -0.621. The van der Waals surface area contributed by atoms with Crippen molar-refractivity contribution in [1.29, 1.82) is 0 Å². The minimum Gasteiger partial charge on any atom is -0.461 e. The Hall–Kier alpha value is -3.82. The van der Waals surface area contributed by atoms with E-state index in [0.717, 1.165) is 66.9 Å². The Morgan fingerprint density at radius 1 is 1.11 bits per heavy atom. The number of carbonyl (C=O) groups excluding carboxylic acids is 2. The zero-order valence-corrected chi connectivity index (χ0v) is 20.7. The van der Waals surface area contributed by atoms with E-state index in [-0.39, 0.29) is 24.4 Å². The summed E-state index contributed by atoms with van der Waals surface area (Å²) in [5.41, 5.74) is 2.30. The molecule has 0 bridgehead atoms. The molecule has 2 aromatic heterocycles. The third-order valence-corrected chi connectivity index (χ3v) is 6.57. The second-order valence-electron chi connectivity index (χ2n) is 9.49. The number of anilines is 2. The Kier molecular flexibility index (Phi) is 6.92. The average Bonchev–Trinajstić information content (AvgIpc) is 3.58. The van der Waals surface area contributed by atoms with E-state index < -0.39 is 6.04 Å². The Balaban J connectivity index is 1.38. The molecule has 2 amide bonds. The van der Waals surface area contributed by atoms with Crippen LogP contribution in [0.15, 0.2) is 44.4 Å². The summed E-state index contributed by atoms with van der Waals surface area (Å²) in [5.74, 6) is 1.06. The molecule has 0 radical (unpaired) electrons. The number of rotatable bonds is 5. The zero-order chi connectivity index (χ0) is 25.1. The third kappa shape index (κ3) is 5.53. The number of oxazole rings is 1. The van der Waals surface area contributed by atoms with Crippen LogP contribution in [0.25, 0.3) is 11.0 Å². The number of hydrogen-bond donors (Lipinski definition) is 2. The first kappa shape index (κ1) is 23.9. The summed E-state index contributed by atoms with van der Waals surface area (Å²) in [4.78, 5) is 38.8. The van der Waals surface area contributed by atoms with Gasteiger partial charge in [0.25, 0.3) is 0 Å². The maximum Gasteiger partial charge on any atom is 0.301 e. The van der Waals surface area contributed by atoms with Gasteiger partial charge in [-0.05, 0) is 70.2 Å². The molecule has 0 saturated carbocycles. The van der Waals surface area contributed by atoms with Crippen LogP contribution in [-0.4, -0.2) is 64.8 Å². The van der Waals surface area contributed by atoms with Crippen LogP contribution in [0.2, 0.25) is 0 Å². The van der Waals surface area contributed by atoms with Crippen molar-refractivity contribution in [3.05, 3.63) is 42.0 Å². The van der Waals surface area contributed by atoms with Gasteiger partial charge in [0, 0.05) is 30.7 Å². The van der Waals surface area contributed by atoms with Gasteiger partial charge in [0.1, 0.15) is 23.6 Å². The van der Waals surface area contributed by atoms with Crippen LogP contribution in [0.3, 0.4) is 0 Å². The van der Waals surface area contributed by atoms with Crippen molar-refractivity contribution in [2.45, 2.75) is 52.0 Å². The third-order valence-electron chi connectivity index (χ3n) is 6.57. The van der Waals surface area contributed by atoms with Crippen LogP contribution < -0.4 is 10.6 Å². The number of guanidine groups is 1. The number of amides is 2. The molecule has 36 heavy (non-hydrogen) atoms. The first-order valence-corrected chi connectivity index (χ1v) is 12.6. The summed E-state index contributed by atoms with van der Waals surface area (Å²) in [6.07, 6.45) is 5.89. The van der Waals surface area contributed by atoms with Gasteiger partial charge in [-0.2, -0.15) is 4.98 Å². The van der Waals surface area contributed by atoms with E-state index in [0.29, 0.717) is 18.9 Å². The van der Waals surface area contributed by atoms with Crippen LogP contribution in [-0.2, 0) is 9.59 Å². The van der Waals surface area contributed by atoms with Crippen molar-refractivity contribution in [3.8, 4) is 0 Å². The summed E-state index contributed by atoms with van der Waals surface area (Å²) in [5, 5.41) is 7.32. The summed E-state index contributed by atoms with van der Waals surface area (Å²) in [6, 6.07) is 7.36. The number of nitrogens with zero attached hydrogens (tertiary/aromatic N) is 4. The largest absolute Gasteiger partial charge is 0.461 e. The van der Waals surface area contributed by atoms with Gasteiger partial charge in [0.15, 0.2) is 0 Å². The van der Waals surface area contributed by atoms with E-state index in [9.17, 15) is 9.59 Å². The van der Waals surface area contributed by atoms with Gasteiger partial charge < -0.3 is 24.0 Å². The number of aliphatic imine (C=N–C) groups is 1. The van der Waals surface area contributed by atoms with Crippen molar-refractivity contribution in [1.82, 2.24) is 14.8 Å². The monoisotopic (exact) mass is 492 g/mol. The number of fused-ring (bicyclic) bond motifs is 1. The van der Waals surface area contributed by atoms with Gasteiger partial charge in [-0.3, -0.25) is 14.9 Å². The van der Waals surface area contributed by atoms with E-state index in [1.807, 2.05) is 43.0 Å². The highest BCUT2D eigenvalue weighted by atomic mass is 16.4. The average molecular weight is 493 g/mol. The van der Waals surface area contributed by atoms with E-state index >= 15 is 0 Å². The first-order chi connectivity index (χ1) is 17.4. The fourth-order valence-corrected chi connectivity index (χ4v) is 4.75. The molecule has 3 aromatic rings. The smallest absolute Gasteiger partial charge is 0.301 e. The maximum atomic E-state index is 13.5. The fourth-order valence-electron chi connectivity index (χ4n) is 4.75. The van der Waals surface area contributed by atoms with Crippen molar-refractivity contribution in [2.24, 2.45) is 4.99 Å². The quantitative estimate of drug-likeness (QED) is 0.410. The number of nitrogens with one attached hydrogen (secondary N) is 2. The van der Waals surface area contributed by atoms with E-state index in [1.165, 1.54) is 0 Å². The molecule has 2 fully saturated rings. The lowest BCUT2D eigenvalue weighted by Crippen LogP contribution is -2.45. The molecule has 2 saturated heterocycles. The van der Waals surface area contributed by atoms with Crippen LogP contribution in [0.4, 0.5) is 11.7 Å². The van der Waals surface area contributed by atoms with E-state index in [2.05, 4.69) is 15.6 Å². The molecular formula is C26H32N6O4. The van der Waals surface area contributed by atoms with Crippen LogP contribution >= 0.6 is 0 Å². The molecule has 2 N–H and O–H groups in total. The highest BCUT2D eigenvalue weighted by Crippen LogP contribution is 2.23. The second kappa shape index (κ2) is 10.4. The summed E-state index contributed by atoms with van der Waals surface area (Å²) in [7, 11) is 0. The summed E-state index contributed by atoms with van der Waals surface area (Å²) in [6.45, 7) is 5.96. The van der Waals surface area contributed by atoms with Gasteiger partial charge in [-0.15, -0.1) is 0 Å². The highest BCUT2D eigenvalue weighted by molar-refractivity contribution is 6.04. The number of aromatic nitrogens is 1. The van der Waals surface area contributed by atoms with Crippen molar-refractivity contribution in [2.75, 3.05) is 36.8 Å². The number of likely N-dealkylation sites (tertiary alicyclic amines) is 2. The topological polar surface area (TPSA) is 116 Å². The molecule has 2 aliphatic heterocycles. The van der Waals surface area contributed by atoms with Crippen LogP contribution in [0, 0.1) is 13.8 Å². The number of carbonyl (C=O) groups is 2. The molecule has 2 aliphatic rings. The molecule has 1 aromatic carbocycles. The Morgan fingerprint density at radius 3 is 2.69 bits per heavy atom. The molecule has 5 rings (SSSR count). The predicted molar refractivity (Wildman–Crippen MR) is 137 cm³/mol.